The normalized spacial score (nSPS) is 24.0. The van der Waals surface area contributed by atoms with Gasteiger partial charge in [0.15, 0.2) is 5.96 Å². The van der Waals surface area contributed by atoms with Gasteiger partial charge >= 0.3 is 0 Å². The summed E-state index contributed by atoms with van der Waals surface area (Å²) in [5.41, 5.74) is 2.56. The summed E-state index contributed by atoms with van der Waals surface area (Å²) >= 11 is 0. The Kier molecular flexibility index (Phi) is 7.43. The first-order valence-electron chi connectivity index (χ1n) is 10.5. The number of rotatable bonds is 4. The van der Waals surface area contributed by atoms with Gasteiger partial charge in [-0.2, -0.15) is 0 Å². The predicted molar refractivity (Wildman–Crippen MR) is 129 cm³/mol. The maximum atomic E-state index is 11.8. The molecule has 2 fully saturated rings. The minimum absolute atomic E-state index is 0. The number of anilines is 1. The molecule has 2 saturated heterocycles. The predicted octanol–water partition coefficient (Wildman–Crippen LogP) is 2.75. The molecule has 0 aromatic heterocycles. The fourth-order valence-electron chi connectivity index (χ4n) is 4.56. The van der Waals surface area contributed by atoms with Crippen LogP contribution in [0.25, 0.3) is 0 Å². The number of aliphatic imine (C=N–C) groups is 1. The van der Waals surface area contributed by atoms with Crippen LogP contribution in [0, 0.1) is 5.41 Å². The van der Waals surface area contributed by atoms with Crippen molar-refractivity contribution in [3.05, 3.63) is 42.0 Å². The standard InChI is InChI=1S/C22H31N5O.HI/c1-2-23-21(27-12-6-9-22(17-27)14-20(28)25-16-22)24-15-18-7-5-8-19(13-18)26-10-3-4-11-26;/h3-5,7-8,13H,2,6,9-12,14-17H2,1H3,(H,23,24)(H,25,28);1H. The van der Waals surface area contributed by atoms with Crippen molar-refractivity contribution in [2.45, 2.75) is 32.7 Å². The zero-order chi connectivity index (χ0) is 19.4. The third-order valence-electron chi connectivity index (χ3n) is 6.00. The molecule has 3 aliphatic rings. The molecule has 1 spiro atoms. The van der Waals surface area contributed by atoms with Crippen LogP contribution >= 0.6 is 24.0 Å². The van der Waals surface area contributed by atoms with Gasteiger partial charge in [0.2, 0.25) is 5.91 Å². The Hall–Kier alpha value is -1.77. The van der Waals surface area contributed by atoms with E-state index in [1.54, 1.807) is 0 Å². The van der Waals surface area contributed by atoms with Crippen LogP contribution in [0.3, 0.4) is 0 Å². The van der Waals surface area contributed by atoms with Gasteiger partial charge in [0, 0.05) is 56.8 Å². The third-order valence-corrected chi connectivity index (χ3v) is 6.00. The lowest BCUT2D eigenvalue weighted by Crippen LogP contribution is -2.51. The molecule has 3 heterocycles. The summed E-state index contributed by atoms with van der Waals surface area (Å²) in [5, 5.41) is 6.49. The second-order valence-corrected chi connectivity index (χ2v) is 8.20. The summed E-state index contributed by atoms with van der Waals surface area (Å²) in [6.07, 6.45) is 7.30. The van der Waals surface area contributed by atoms with Crippen molar-refractivity contribution < 1.29 is 4.79 Å². The molecular weight excluding hydrogens is 477 g/mol. The number of amides is 1. The second-order valence-electron chi connectivity index (χ2n) is 8.20. The van der Waals surface area contributed by atoms with Crippen LogP contribution in [0.4, 0.5) is 5.69 Å². The van der Waals surface area contributed by atoms with E-state index in [2.05, 4.69) is 63.8 Å². The Morgan fingerprint density at radius 1 is 1.31 bits per heavy atom. The number of piperidine rings is 1. The number of halogens is 1. The maximum absolute atomic E-state index is 11.8. The molecule has 4 rings (SSSR count). The summed E-state index contributed by atoms with van der Waals surface area (Å²) in [6, 6.07) is 8.69. The summed E-state index contributed by atoms with van der Waals surface area (Å²) in [6.45, 7) is 8.29. The van der Waals surface area contributed by atoms with E-state index < -0.39 is 0 Å². The highest BCUT2D eigenvalue weighted by molar-refractivity contribution is 14.0. The number of benzene rings is 1. The Bertz CT molecular complexity index is 772. The quantitative estimate of drug-likeness (QED) is 0.284. The molecule has 1 atom stereocenters. The van der Waals surface area contributed by atoms with Crippen LogP contribution in [0.15, 0.2) is 41.4 Å². The molecule has 29 heavy (non-hydrogen) atoms. The lowest BCUT2D eigenvalue weighted by atomic mass is 9.79. The molecule has 158 valence electrons. The van der Waals surface area contributed by atoms with Gasteiger partial charge in [-0.05, 0) is 37.5 Å². The van der Waals surface area contributed by atoms with E-state index in [1.165, 1.54) is 11.3 Å². The van der Waals surface area contributed by atoms with E-state index in [-0.39, 0.29) is 35.3 Å². The monoisotopic (exact) mass is 509 g/mol. The molecule has 0 aliphatic carbocycles. The lowest BCUT2D eigenvalue weighted by Gasteiger charge is -2.40. The number of carbonyl (C=O) groups is 1. The fraction of sp³-hybridized carbons (Fsp3) is 0.545. The molecule has 6 nitrogen and oxygen atoms in total. The molecule has 1 amide bonds. The van der Waals surface area contributed by atoms with Crippen molar-refractivity contribution in [2.75, 3.05) is 44.2 Å². The fourth-order valence-corrected chi connectivity index (χ4v) is 4.56. The number of nitrogens with one attached hydrogen (secondary N) is 2. The van der Waals surface area contributed by atoms with Gasteiger partial charge in [0.1, 0.15) is 0 Å². The van der Waals surface area contributed by atoms with E-state index in [4.69, 9.17) is 4.99 Å². The van der Waals surface area contributed by atoms with Gasteiger partial charge in [-0.15, -0.1) is 24.0 Å². The molecular formula is C22H32IN5O. The Balaban J connectivity index is 0.00000240. The topological polar surface area (TPSA) is 60.0 Å². The number of likely N-dealkylation sites (tertiary alicyclic amines) is 1. The Morgan fingerprint density at radius 3 is 2.86 bits per heavy atom. The first-order valence-corrected chi connectivity index (χ1v) is 10.5. The van der Waals surface area contributed by atoms with Crippen LogP contribution in [0.2, 0.25) is 0 Å². The van der Waals surface area contributed by atoms with E-state index in [9.17, 15) is 4.79 Å². The molecule has 0 saturated carbocycles. The minimum atomic E-state index is 0. The van der Waals surface area contributed by atoms with Crippen LogP contribution in [0.1, 0.15) is 31.7 Å². The molecule has 0 radical (unpaired) electrons. The molecule has 0 bridgehead atoms. The summed E-state index contributed by atoms with van der Waals surface area (Å²) < 4.78 is 0. The SMILES string of the molecule is CCNC(=NCc1cccc(N2CC=CC2)c1)N1CCCC2(CNC(=O)C2)C1.I. The van der Waals surface area contributed by atoms with Crippen molar-refractivity contribution in [1.82, 2.24) is 15.5 Å². The lowest BCUT2D eigenvalue weighted by molar-refractivity contribution is -0.119. The number of nitrogens with zero attached hydrogens (tertiary/aromatic N) is 3. The van der Waals surface area contributed by atoms with Gasteiger partial charge in [0.25, 0.3) is 0 Å². The highest BCUT2D eigenvalue weighted by Crippen LogP contribution is 2.36. The highest BCUT2D eigenvalue weighted by Gasteiger charge is 2.42. The second kappa shape index (κ2) is 9.82. The molecule has 3 aliphatic heterocycles. The number of hydrogen-bond acceptors (Lipinski definition) is 3. The maximum Gasteiger partial charge on any atom is 0.220 e. The molecule has 1 unspecified atom stereocenters. The van der Waals surface area contributed by atoms with Crippen molar-refractivity contribution in [1.29, 1.82) is 0 Å². The van der Waals surface area contributed by atoms with Gasteiger partial charge in [-0.1, -0.05) is 24.3 Å². The smallest absolute Gasteiger partial charge is 0.220 e. The van der Waals surface area contributed by atoms with E-state index >= 15 is 0 Å². The zero-order valence-electron chi connectivity index (χ0n) is 17.2. The van der Waals surface area contributed by atoms with E-state index in [0.29, 0.717) is 13.0 Å². The first-order chi connectivity index (χ1) is 13.7. The van der Waals surface area contributed by atoms with Crippen LogP contribution in [-0.2, 0) is 11.3 Å². The van der Waals surface area contributed by atoms with Gasteiger partial charge in [-0.25, -0.2) is 4.99 Å². The van der Waals surface area contributed by atoms with Crippen LogP contribution in [0.5, 0.6) is 0 Å². The zero-order valence-corrected chi connectivity index (χ0v) is 19.5. The summed E-state index contributed by atoms with van der Waals surface area (Å²) in [7, 11) is 0. The summed E-state index contributed by atoms with van der Waals surface area (Å²) in [5.74, 6) is 1.16. The minimum Gasteiger partial charge on any atom is -0.364 e. The van der Waals surface area contributed by atoms with Crippen molar-refractivity contribution in [3.63, 3.8) is 0 Å². The van der Waals surface area contributed by atoms with E-state index in [1.807, 2.05) is 0 Å². The highest BCUT2D eigenvalue weighted by atomic mass is 127. The van der Waals surface area contributed by atoms with Crippen molar-refractivity contribution >= 4 is 41.5 Å². The van der Waals surface area contributed by atoms with Gasteiger partial charge in [-0.3, -0.25) is 4.79 Å². The molecule has 7 heteroatoms. The largest absolute Gasteiger partial charge is 0.364 e. The number of carbonyl (C=O) groups excluding carboxylic acids is 1. The van der Waals surface area contributed by atoms with Gasteiger partial charge in [0.05, 0.1) is 6.54 Å². The van der Waals surface area contributed by atoms with E-state index in [0.717, 1.165) is 58.1 Å². The van der Waals surface area contributed by atoms with Gasteiger partial charge < -0.3 is 20.4 Å². The Labute approximate surface area is 190 Å². The van der Waals surface area contributed by atoms with Crippen LogP contribution < -0.4 is 15.5 Å². The number of guanidine groups is 1. The average Bonchev–Trinajstić information content (AvgIpc) is 3.36. The van der Waals surface area contributed by atoms with Crippen molar-refractivity contribution in [3.8, 4) is 0 Å². The number of hydrogen-bond donors (Lipinski definition) is 2. The summed E-state index contributed by atoms with van der Waals surface area (Å²) in [4.78, 5) is 21.4. The van der Waals surface area contributed by atoms with Crippen LogP contribution in [-0.4, -0.2) is 56.0 Å². The Morgan fingerprint density at radius 2 is 2.14 bits per heavy atom. The first kappa shape index (κ1) is 21.9. The molecule has 2 N–H and O–H groups in total. The third kappa shape index (κ3) is 5.24. The molecule has 1 aromatic rings. The van der Waals surface area contributed by atoms with Crippen molar-refractivity contribution in [2.24, 2.45) is 10.4 Å². The molecule has 1 aromatic carbocycles. The average molecular weight is 509 g/mol.